The third-order valence-electron chi connectivity index (χ3n) is 5.12. The van der Waals surface area contributed by atoms with E-state index in [0.717, 1.165) is 47.6 Å². The van der Waals surface area contributed by atoms with Crippen LogP contribution in [0.25, 0.3) is 11.0 Å². The zero-order valence-electron chi connectivity index (χ0n) is 15.4. The number of fused-ring (bicyclic) bond motifs is 2. The molecule has 0 radical (unpaired) electrons. The maximum Gasteiger partial charge on any atom is 0.246 e. The van der Waals surface area contributed by atoms with E-state index in [1.54, 1.807) is 0 Å². The number of nitrogens with one attached hydrogen (secondary N) is 1. The second-order valence-electron chi connectivity index (χ2n) is 7.11. The predicted octanol–water partition coefficient (Wildman–Crippen LogP) is 2.26. The molecule has 8 heteroatoms. The first kappa shape index (κ1) is 16.9. The first-order valence-corrected chi connectivity index (χ1v) is 9.48. The Kier molecular flexibility index (Phi) is 4.23. The van der Waals surface area contributed by atoms with E-state index >= 15 is 0 Å². The Morgan fingerprint density at radius 3 is 2.71 bits per heavy atom. The molecule has 5 rings (SSSR count). The van der Waals surface area contributed by atoms with Crippen LogP contribution in [0.1, 0.15) is 12.8 Å². The normalized spacial score (nSPS) is 18.4. The van der Waals surface area contributed by atoms with Gasteiger partial charge >= 0.3 is 0 Å². The third-order valence-corrected chi connectivity index (χ3v) is 5.12. The molecule has 1 N–H and O–H groups in total. The summed E-state index contributed by atoms with van der Waals surface area (Å²) in [6.07, 6.45) is 1.98. The zero-order valence-corrected chi connectivity index (χ0v) is 15.4. The summed E-state index contributed by atoms with van der Waals surface area (Å²) in [6, 6.07) is 13.7. The van der Waals surface area contributed by atoms with Gasteiger partial charge in [-0.05, 0) is 37.1 Å². The summed E-state index contributed by atoms with van der Waals surface area (Å²) in [6.45, 7) is 1.85. The summed E-state index contributed by atoms with van der Waals surface area (Å²) in [7, 11) is 0. The summed E-state index contributed by atoms with van der Waals surface area (Å²) < 4.78 is 10.8. The fourth-order valence-corrected chi connectivity index (χ4v) is 3.74. The number of nitrogens with zero attached hydrogens (tertiary/aromatic N) is 4. The SMILES string of the molecule is O=C(Cn1nc2ccccc2n1)N1CCCC(Nc2ccc3c(c2)OCO3)C1. The molecular weight excluding hydrogens is 358 g/mol. The molecule has 28 heavy (non-hydrogen) atoms. The van der Waals surface area contributed by atoms with Crippen molar-refractivity contribution in [3.05, 3.63) is 42.5 Å². The van der Waals surface area contributed by atoms with Crippen LogP contribution in [-0.4, -0.2) is 51.7 Å². The molecule has 3 aromatic rings. The molecule has 1 fully saturated rings. The average molecular weight is 379 g/mol. The highest BCUT2D eigenvalue weighted by molar-refractivity contribution is 5.77. The van der Waals surface area contributed by atoms with Crippen molar-refractivity contribution in [3.8, 4) is 11.5 Å². The number of amides is 1. The van der Waals surface area contributed by atoms with Gasteiger partial charge in [0.2, 0.25) is 12.7 Å². The Balaban J connectivity index is 1.23. The molecule has 0 aliphatic carbocycles. The van der Waals surface area contributed by atoms with Crippen molar-refractivity contribution in [3.63, 3.8) is 0 Å². The van der Waals surface area contributed by atoms with E-state index in [4.69, 9.17) is 9.47 Å². The summed E-state index contributed by atoms with van der Waals surface area (Å²) in [4.78, 5) is 16.1. The highest BCUT2D eigenvalue weighted by atomic mass is 16.7. The lowest BCUT2D eigenvalue weighted by molar-refractivity contribution is -0.133. The lowest BCUT2D eigenvalue weighted by Gasteiger charge is -2.33. The number of carbonyl (C=O) groups is 1. The Morgan fingerprint density at radius 1 is 1.11 bits per heavy atom. The van der Waals surface area contributed by atoms with Gasteiger partial charge in [-0.15, -0.1) is 0 Å². The number of anilines is 1. The van der Waals surface area contributed by atoms with Crippen molar-refractivity contribution in [1.29, 1.82) is 0 Å². The number of benzene rings is 2. The lowest BCUT2D eigenvalue weighted by atomic mass is 10.1. The second-order valence-corrected chi connectivity index (χ2v) is 7.11. The van der Waals surface area contributed by atoms with Crippen LogP contribution in [0, 0.1) is 0 Å². The van der Waals surface area contributed by atoms with Crippen LogP contribution in [0.4, 0.5) is 5.69 Å². The fraction of sp³-hybridized carbons (Fsp3) is 0.350. The van der Waals surface area contributed by atoms with Crippen molar-refractivity contribution in [2.24, 2.45) is 0 Å². The van der Waals surface area contributed by atoms with Gasteiger partial charge in [0.15, 0.2) is 11.5 Å². The molecule has 0 spiro atoms. The van der Waals surface area contributed by atoms with Gasteiger partial charge < -0.3 is 19.7 Å². The minimum Gasteiger partial charge on any atom is -0.454 e. The molecule has 144 valence electrons. The number of hydrogen-bond donors (Lipinski definition) is 1. The highest BCUT2D eigenvalue weighted by Crippen LogP contribution is 2.34. The number of rotatable bonds is 4. The Labute approximate surface area is 162 Å². The van der Waals surface area contributed by atoms with Gasteiger partial charge in [-0.25, -0.2) is 0 Å². The number of hydrogen-bond acceptors (Lipinski definition) is 6. The number of ether oxygens (including phenoxy) is 2. The van der Waals surface area contributed by atoms with Crippen molar-refractivity contribution >= 4 is 22.6 Å². The highest BCUT2D eigenvalue weighted by Gasteiger charge is 2.25. The van der Waals surface area contributed by atoms with Crippen molar-refractivity contribution < 1.29 is 14.3 Å². The summed E-state index contributed by atoms with van der Waals surface area (Å²) in [5, 5.41) is 12.3. The van der Waals surface area contributed by atoms with Gasteiger partial charge in [0.25, 0.3) is 0 Å². The predicted molar refractivity (Wildman–Crippen MR) is 103 cm³/mol. The molecule has 2 aromatic carbocycles. The molecule has 1 unspecified atom stereocenters. The molecule has 1 saturated heterocycles. The smallest absolute Gasteiger partial charge is 0.246 e. The zero-order chi connectivity index (χ0) is 18.9. The van der Waals surface area contributed by atoms with Crippen molar-refractivity contribution in [2.75, 3.05) is 25.2 Å². The van der Waals surface area contributed by atoms with Crippen molar-refractivity contribution in [1.82, 2.24) is 19.9 Å². The summed E-state index contributed by atoms with van der Waals surface area (Å²) in [5.41, 5.74) is 2.58. The fourth-order valence-electron chi connectivity index (χ4n) is 3.74. The average Bonchev–Trinajstić information content (AvgIpc) is 3.33. The molecular formula is C20H21N5O3. The van der Waals surface area contributed by atoms with Crippen LogP contribution in [0.15, 0.2) is 42.5 Å². The van der Waals surface area contributed by atoms with E-state index in [9.17, 15) is 4.79 Å². The second kappa shape index (κ2) is 7.03. The van der Waals surface area contributed by atoms with Gasteiger partial charge in [0, 0.05) is 30.9 Å². The van der Waals surface area contributed by atoms with Crippen LogP contribution in [0.3, 0.4) is 0 Å². The van der Waals surface area contributed by atoms with E-state index in [0.29, 0.717) is 6.54 Å². The van der Waals surface area contributed by atoms with Crippen LogP contribution in [0.2, 0.25) is 0 Å². The van der Waals surface area contributed by atoms with Crippen LogP contribution in [-0.2, 0) is 11.3 Å². The van der Waals surface area contributed by atoms with E-state index in [-0.39, 0.29) is 25.3 Å². The number of likely N-dealkylation sites (tertiary alicyclic amines) is 1. The maximum absolute atomic E-state index is 12.8. The van der Waals surface area contributed by atoms with Crippen LogP contribution >= 0.6 is 0 Å². The third kappa shape index (κ3) is 3.33. The van der Waals surface area contributed by atoms with E-state index in [1.807, 2.05) is 47.4 Å². The van der Waals surface area contributed by atoms with Crippen LogP contribution in [0.5, 0.6) is 11.5 Å². The minimum absolute atomic E-state index is 0.0393. The number of carbonyl (C=O) groups excluding carboxylic acids is 1. The first-order valence-electron chi connectivity index (χ1n) is 9.48. The lowest BCUT2D eigenvalue weighted by Crippen LogP contribution is -2.46. The molecule has 1 aromatic heterocycles. The quantitative estimate of drug-likeness (QED) is 0.749. The van der Waals surface area contributed by atoms with Crippen LogP contribution < -0.4 is 14.8 Å². The Hall–Kier alpha value is -3.29. The van der Waals surface area contributed by atoms with Gasteiger partial charge in [-0.2, -0.15) is 15.0 Å². The van der Waals surface area contributed by atoms with Gasteiger partial charge in [-0.3, -0.25) is 4.79 Å². The molecule has 2 aliphatic heterocycles. The Morgan fingerprint density at radius 2 is 1.89 bits per heavy atom. The summed E-state index contributed by atoms with van der Waals surface area (Å²) >= 11 is 0. The summed E-state index contributed by atoms with van der Waals surface area (Å²) in [5.74, 6) is 1.56. The monoisotopic (exact) mass is 379 g/mol. The number of aromatic nitrogens is 3. The van der Waals surface area contributed by atoms with E-state index in [1.165, 1.54) is 4.80 Å². The topological polar surface area (TPSA) is 81.5 Å². The minimum atomic E-state index is 0.0393. The van der Waals surface area contributed by atoms with E-state index in [2.05, 4.69) is 15.5 Å². The molecule has 8 nitrogen and oxygen atoms in total. The van der Waals surface area contributed by atoms with Crippen molar-refractivity contribution in [2.45, 2.75) is 25.4 Å². The van der Waals surface area contributed by atoms with Gasteiger partial charge in [-0.1, -0.05) is 12.1 Å². The standard InChI is InChI=1S/C20H21N5O3/c26-20(12-25-22-16-5-1-2-6-17(16)23-25)24-9-3-4-15(11-24)21-14-7-8-18-19(10-14)28-13-27-18/h1-2,5-8,10,15,21H,3-4,9,11-13H2. The van der Waals surface area contributed by atoms with Gasteiger partial charge in [0.1, 0.15) is 17.6 Å². The molecule has 0 saturated carbocycles. The number of piperidine rings is 1. The largest absolute Gasteiger partial charge is 0.454 e. The first-order chi connectivity index (χ1) is 13.7. The molecule has 0 bridgehead atoms. The Bertz CT molecular complexity index is 985. The molecule has 1 atom stereocenters. The molecule has 3 heterocycles. The van der Waals surface area contributed by atoms with Gasteiger partial charge in [0.05, 0.1) is 0 Å². The maximum atomic E-state index is 12.8. The molecule has 2 aliphatic rings. The van der Waals surface area contributed by atoms with E-state index < -0.39 is 0 Å². The molecule has 1 amide bonds.